The highest BCUT2D eigenvalue weighted by Gasteiger charge is 2.40. The van der Waals surface area contributed by atoms with Gasteiger partial charge in [-0.15, -0.1) is 0 Å². The van der Waals surface area contributed by atoms with Gasteiger partial charge in [-0.2, -0.15) is 5.26 Å². The van der Waals surface area contributed by atoms with Crippen molar-refractivity contribution in [1.82, 2.24) is 14.9 Å². The number of hydrogen-bond donors (Lipinski definition) is 2. The van der Waals surface area contributed by atoms with E-state index in [0.29, 0.717) is 37.4 Å². The van der Waals surface area contributed by atoms with Crippen LogP contribution in [0.1, 0.15) is 51.0 Å². The van der Waals surface area contributed by atoms with Crippen LogP contribution in [0.2, 0.25) is 0 Å². The van der Waals surface area contributed by atoms with Gasteiger partial charge < -0.3 is 20.1 Å². The number of aromatic nitrogens is 2. The van der Waals surface area contributed by atoms with Crippen LogP contribution in [0.15, 0.2) is 42.7 Å². The van der Waals surface area contributed by atoms with Crippen molar-refractivity contribution < 1.29 is 14.6 Å². The lowest BCUT2D eigenvalue weighted by molar-refractivity contribution is 0.0184. The minimum atomic E-state index is -0.796. The van der Waals surface area contributed by atoms with E-state index in [4.69, 9.17) is 4.74 Å². The molecule has 1 fully saturated rings. The Morgan fingerprint density at radius 1 is 1.29 bits per heavy atom. The van der Waals surface area contributed by atoms with Crippen LogP contribution in [0.5, 0.6) is 0 Å². The van der Waals surface area contributed by atoms with Crippen LogP contribution in [-0.2, 0) is 10.2 Å². The average molecular weight is 424 g/mol. The number of piperidine rings is 1. The number of nitrogens with one attached hydrogen (secondary N) is 1. The summed E-state index contributed by atoms with van der Waals surface area (Å²) in [5.74, 6) is 0.546. The molecule has 2 aromatic rings. The molecule has 8 heteroatoms. The van der Waals surface area contributed by atoms with Crippen molar-refractivity contribution in [2.24, 2.45) is 0 Å². The Balaban J connectivity index is 1.65. The van der Waals surface area contributed by atoms with Gasteiger partial charge in [0, 0.05) is 25.7 Å². The first kappa shape index (κ1) is 22.5. The Kier molecular flexibility index (Phi) is 6.76. The zero-order chi connectivity index (χ0) is 22.5. The first-order valence-corrected chi connectivity index (χ1v) is 10.4. The maximum atomic E-state index is 12.3. The highest BCUT2D eigenvalue weighted by molar-refractivity contribution is 5.68. The zero-order valence-corrected chi connectivity index (χ0v) is 18.2. The van der Waals surface area contributed by atoms with E-state index in [-0.39, 0.29) is 12.6 Å². The van der Waals surface area contributed by atoms with E-state index in [9.17, 15) is 15.2 Å². The maximum absolute atomic E-state index is 12.3. The quantitative estimate of drug-likeness (QED) is 0.758. The van der Waals surface area contributed by atoms with Crippen molar-refractivity contribution in [3.05, 3.63) is 54.0 Å². The molecule has 0 radical (unpaired) electrons. The van der Waals surface area contributed by atoms with Crippen LogP contribution in [0, 0.1) is 11.3 Å². The van der Waals surface area contributed by atoms with E-state index in [0.717, 1.165) is 5.56 Å². The molecule has 164 valence electrons. The first-order valence-electron chi connectivity index (χ1n) is 10.4. The molecule has 2 N–H and O–H groups in total. The molecular formula is C23H29N5O3. The molecule has 1 saturated heterocycles. The lowest BCUT2D eigenvalue weighted by atomic mass is 9.77. The Labute approximate surface area is 182 Å². The van der Waals surface area contributed by atoms with Crippen LogP contribution >= 0.6 is 0 Å². The number of nitrogens with zero attached hydrogens (tertiary/aromatic N) is 4. The van der Waals surface area contributed by atoms with Crippen molar-refractivity contribution in [2.45, 2.75) is 50.7 Å². The molecule has 1 aromatic carbocycles. The minimum absolute atomic E-state index is 0.284. The number of likely N-dealkylation sites (tertiary alicyclic amines) is 1. The highest BCUT2D eigenvalue weighted by atomic mass is 16.6. The summed E-state index contributed by atoms with van der Waals surface area (Å²) in [7, 11) is 0. The summed E-state index contributed by atoms with van der Waals surface area (Å²) >= 11 is 0. The van der Waals surface area contributed by atoms with Crippen molar-refractivity contribution in [3.8, 4) is 6.07 Å². The minimum Gasteiger partial charge on any atom is -0.444 e. The van der Waals surface area contributed by atoms with Crippen LogP contribution in [-0.4, -0.2) is 51.3 Å². The molecule has 0 bridgehead atoms. The Morgan fingerprint density at radius 2 is 1.97 bits per heavy atom. The predicted molar refractivity (Wildman–Crippen MR) is 116 cm³/mol. The fraction of sp³-hybridized carbons (Fsp3) is 0.478. The van der Waals surface area contributed by atoms with Crippen LogP contribution in [0.25, 0.3) is 0 Å². The van der Waals surface area contributed by atoms with Gasteiger partial charge in [-0.1, -0.05) is 30.3 Å². The number of hydrogen-bond acceptors (Lipinski definition) is 7. The fourth-order valence-electron chi connectivity index (χ4n) is 3.53. The van der Waals surface area contributed by atoms with Crippen LogP contribution in [0.4, 0.5) is 10.6 Å². The zero-order valence-electron chi connectivity index (χ0n) is 18.2. The summed E-state index contributed by atoms with van der Waals surface area (Å²) in [4.78, 5) is 22.5. The monoisotopic (exact) mass is 423 g/mol. The number of carbonyl (C=O) groups excluding carboxylic acids is 1. The summed E-state index contributed by atoms with van der Waals surface area (Å²) in [6.45, 7) is 6.62. The third kappa shape index (κ3) is 5.70. The SMILES string of the molecule is CC(C)(C)OC(=O)N1CCC(C#N)(c2cc(NCC(O)c3ccccc3)ncn2)CC1. The van der Waals surface area contributed by atoms with Gasteiger partial charge in [0.15, 0.2) is 0 Å². The topological polar surface area (TPSA) is 111 Å². The Morgan fingerprint density at radius 3 is 2.58 bits per heavy atom. The molecule has 1 unspecified atom stereocenters. The number of anilines is 1. The van der Waals surface area contributed by atoms with Gasteiger partial charge in [-0.05, 0) is 39.2 Å². The van der Waals surface area contributed by atoms with Crippen molar-refractivity contribution >= 4 is 11.9 Å². The smallest absolute Gasteiger partial charge is 0.410 e. The summed E-state index contributed by atoms with van der Waals surface area (Å²) < 4.78 is 5.44. The average Bonchev–Trinajstić information content (AvgIpc) is 2.77. The lowest BCUT2D eigenvalue weighted by Gasteiger charge is -2.37. The molecule has 0 aliphatic carbocycles. The molecular weight excluding hydrogens is 394 g/mol. The third-order valence-corrected chi connectivity index (χ3v) is 5.30. The molecule has 1 amide bonds. The van der Waals surface area contributed by atoms with E-state index in [1.165, 1.54) is 6.33 Å². The Hall–Kier alpha value is -3.18. The first-order chi connectivity index (χ1) is 14.7. The van der Waals surface area contributed by atoms with Gasteiger partial charge >= 0.3 is 6.09 Å². The van der Waals surface area contributed by atoms with E-state index >= 15 is 0 Å². The van der Waals surface area contributed by atoms with Gasteiger partial charge in [0.2, 0.25) is 0 Å². The number of amides is 1. The van der Waals surface area contributed by atoms with Gasteiger partial charge in [0.25, 0.3) is 0 Å². The number of rotatable bonds is 5. The molecule has 0 spiro atoms. The summed E-state index contributed by atoms with van der Waals surface area (Å²) in [6.07, 6.45) is 1.31. The molecule has 1 aliphatic heterocycles. The number of aliphatic hydroxyl groups excluding tert-OH is 1. The number of aliphatic hydroxyl groups is 1. The van der Waals surface area contributed by atoms with Gasteiger partial charge in [-0.3, -0.25) is 0 Å². The van der Waals surface area contributed by atoms with Crippen LogP contribution < -0.4 is 5.32 Å². The second kappa shape index (κ2) is 9.31. The van der Waals surface area contributed by atoms with Crippen LogP contribution in [0.3, 0.4) is 0 Å². The van der Waals surface area contributed by atoms with Gasteiger partial charge in [-0.25, -0.2) is 14.8 Å². The van der Waals surface area contributed by atoms with E-state index < -0.39 is 17.1 Å². The molecule has 1 atom stereocenters. The summed E-state index contributed by atoms with van der Waals surface area (Å²) in [6, 6.07) is 13.5. The van der Waals surface area contributed by atoms with Gasteiger partial charge in [0.1, 0.15) is 23.2 Å². The third-order valence-electron chi connectivity index (χ3n) is 5.30. The molecule has 8 nitrogen and oxygen atoms in total. The normalized spacial score (nSPS) is 16.8. The predicted octanol–water partition coefficient (Wildman–Crippen LogP) is 3.41. The Bertz CT molecular complexity index is 928. The molecule has 3 rings (SSSR count). The molecule has 2 heterocycles. The largest absolute Gasteiger partial charge is 0.444 e. The lowest BCUT2D eigenvalue weighted by Crippen LogP contribution is -2.46. The number of ether oxygens (including phenoxy) is 1. The van der Waals surface area contributed by atoms with E-state index in [1.54, 1.807) is 11.0 Å². The molecule has 1 aromatic heterocycles. The standard InChI is InChI=1S/C23H29N5O3/c1-22(2,3)31-21(30)28-11-9-23(15-24,10-12-28)19-13-20(27-16-26-19)25-14-18(29)17-7-5-4-6-8-17/h4-8,13,16,18,29H,9-12,14H2,1-3H3,(H,25,26,27). The van der Waals surface area contributed by atoms with E-state index in [1.807, 2.05) is 51.1 Å². The second-order valence-corrected chi connectivity index (χ2v) is 8.76. The highest BCUT2D eigenvalue weighted by Crippen LogP contribution is 2.35. The summed E-state index contributed by atoms with van der Waals surface area (Å²) in [5.41, 5.74) is 0.0757. The van der Waals surface area contributed by atoms with E-state index in [2.05, 4.69) is 21.4 Å². The molecule has 1 aliphatic rings. The number of benzene rings is 1. The molecule has 31 heavy (non-hydrogen) atoms. The van der Waals surface area contributed by atoms with Crippen molar-refractivity contribution in [3.63, 3.8) is 0 Å². The van der Waals surface area contributed by atoms with Crippen molar-refractivity contribution in [2.75, 3.05) is 25.0 Å². The number of carbonyl (C=O) groups is 1. The fourth-order valence-corrected chi connectivity index (χ4v) is 3.53. The van der Waals surface area contributed by atoms with Crippen molar-refractivity contribution in [1.29, 1.82) is 5.26 Å². The summed E-state index contributed by atoms with van der Waals surface area (Å²) in [5, 5.41) is 23.4. The molecule has 0 saturated carbocycles. The maximum Gasteiger partial charge on any atom is 0.410 e. The number of nitriles is 1. The second-order valence-electron chi connectivity index (χ2n) is 8.76. The van der Waals surface area contributed by atoms with Gasteiger partial charge in [0.05, 0.1) is 17.9 Å².